The van der Waals surface area contributed by atoms with Gasteiger partial charge in [-0.2, -0.15) is 11.8 Å². The highest BCUT2D eigenvalue weighted by molar-refractivity contribution is 7.98. The van der Waals surface area contributed by atoms with Crippen molar-refractivity contribution in [3.8, 4) is 22.5 Å². The predicted octanol–water partition coefficient (Wildman–Crippen LogP) is 5.38. The fraction of sp³-hybridized carbons (Fsp3) is 0.226. The Morgan fingerprint density at radius 1 is 1.00 bits per heavy atom. The second kappa shape index (κ2) is 13.3. The number of carbonyl (C=O) groups is 2. The van der Waals surface area contributed by atoms with E-state index >= 15 is 0 Å². The summed E-state index contributed by atoms with van der Waals surface area (Å²) in [6.45, 7) is 2.42. The molecular formula is C31H29FNO5S-. The molecule has 8 heteroatoms. The van der Waals surface area contributed by atoms with E-state index in [1.807, 2.05) is 43.5 Å². The Morgan fingerprint density at radius 3 is 2.56 bits per heavy atom. The van der Waals surface area contributed by atoms with Crippen molar-refractivity contribution >= 4 is 23.6 Å². The number of thioether (sulfide) groups is 1. The van der Waals surface area contributed by atoms with Crippen LogP contribution < -0.4 is 10.4 Å². The second-order valence-corrected chi connectivity index (χ2v) is 10.1. The molecule has 1 heterocycles. The number of carbonyl (C=O) groups excluding carboxylic acids is 2. The summed E-state index contributed by atoms with van der Waals surface area (Å²) in [5.74, 6) is -0.381. The maximum atomic E-state index is 13.5. The molecule has 0 aliphatic carbocycles. The van der Waals surface area contributed by atoms with Crippen LogP contribution in [-0.4, -0.2) is 29.9 Å². The normalized spacial score (nSPS) is 11.8. The molecule has 202 valence electrons. The van der Waals surface area contributed by atoms with Crippen molar-refractivity contribution in [1.29, 1.82) is 0 Å². The molecular weight excluding hydrogens is 517 g/mol. The number of ether oxygens (including phenoxy) is 1. The first kappa shape index (κ1) is 28.1. The minimum Gasteiger partial charge on any atom is -0.548 e. The maximum absolute atomic E-state index is 13.5. The Hall–Kier alpha value is -3.88. The Morgan fingerprint density at radius 2 is 1.82 bits per heavy atom. The number of amides is 1. The summed E-state index contributed by atoms with van der Waals surface area (Å²) >= 11 is 1.50. The highest BCUT2D eigenvalue weighted by atomic mass is 32.2. The third-order valence-electron chi connectivity index (χ3n) is 6.25. The van der Waals surface area contributed by atoms with Crippen LogP contribution in [0.15, 0.2) is 83.3 Å². The van der Waals surface area contributed by atoms with E-state index < -0.39 is 17.9 Å². The van der Waals surface area contributed by atoms with Gasteiger partial charge in [-0.1, -0.05) is 42.5 Å². The summed E-state index contributed by atoms with van der Waals surface area (Å²) in [6.07, 6.45) is 2.15. The number of nitrogens with one attached hydrogen (secondary N) is 1. The molecule has 0 unspecified atom stereocenters. The molecule has 0 aliphatic heterocycles. The third-order valence-corrected chi connectivity index (χ3v) is 6.89. The molecule has 1 amide bonds. The smallest absolute Gasteiger partial charge is 0.252 e. The van der Waals surface area contributed by atoms with Crippen LogP contribution in [0, 0.1) is 12.7 Å². The van der Waals surface area contributed by atoms with Crippen LogP contribution >= 0.6 is 11.8 Å². The van der Waals surface area contributed by atoms with E-state index in [9.17, 15) is 19.1 Å². The van der Waals surface area contributed by atoms with Crippen molar-refractivity contribution in [3.05, 3.63) is 107 Å². The maximum Gasteiger partial charge on any atom is 0.252 e. The molecule has 0 spiro atoms. The van der Waals surface area contributed by atoms with E-state index in [1.165, 1.54) is 23.9 Å². The van der Waals surface area contributed by atoms with Gasteiger partial charge in [0.05, 0.1) is 18.6 Å². The summed E-state index contributed by atoms with van der Waals surface area (Å²) in [5.41, 5.74) is 4.37. The Labute approximate surface area is 231 Å². The molecule has 4 rings (SSSR count). The zero-order chi connectivity index (χ0) is 27.8. The van der Waals surface area contributed by atoms with Gasteiger partial charge in [0, 0.05) is 11.1 Å². The number of furan rings is 1. The fourth-order valence-electron chi connectivity index (χ4n) is 4.22. The number of aliphatic carboxylic acids is 1. The van der Waals surface area contributed by atoms with Crippen LogP contribution in [-0.2, 0) is 22.7 Å². The molecule has 4 aromatic rings. The number of halogens is 1. The number of carboxylic acid groups (broad SMARTS) is 1. The molecule has 0 fully saturated rings. The summed E-state index contributed by atoms with van der Waals surface area (Å²) in [7, 11) is 0. The molecule has 0 radical (unpaired) electrons. The largest absolute Gasteiger partial charge is 0.548 e. The summed E-state index contributed by atoms with van der Waals surface area (Å²) in [6, 6.07) is 21.7. The Bertz CT molecular complexity index is 1450. The van der Waals surface area contributed by atoms with Gasteiger partial charge in [0.15, 0.2) is 0 Å². The van der Waals surface area contributed by atoms with Crippen molar-refractivity contribution in [1.82, 2.24) is 5.32 Å². The molecule has 1 N–H and O–H groups in total. The summed E-state index contributed by atoms with van der Waals surface area (Å²) in [5, 5.41) is 14.2. The van der Waals surface area contributed by atoms with E-state index in [2.05, 4.69) is 5.32 Å². The van der Waals surface area contributed by atoms with Crippen molar-refractivity contribution in [2.75, 3.05) is 12.0 Å². The zero-order valence-corrected chi connectivity index (χ0v) is 22.6. The van der Waals surface area contributed by atoms with Crippen LogP contribution in [0.5, 0.6) is 0 Å². The Kier molecular flexibility index (Phi) is 9.57. The van der Waals surface area contributed by atoms with Gasteiger partial charge in [0.1, 0.15) is 23.9 Å². The number of carboxylic acids is 1. The van der Waals surface area contributed by atoms with Gasteiger partial charge in [-0.3, -0.25) is 4.79 Å². The van der Waals surface area contributed by atoms with Gasteiger partial charge >= 0.3 is 0 Å². The molecule has 0 bridgehead atoms. The average Bonchev–Trinajstić information content (AvgIpc) is 3.40. The lowest BCUT2D eigenvalue weighted by atomic mass is 9.93. The molecule has 3 aromatic carbocycles. The first-order valence-corrected chi connectivity index (χ1v) is 13.9. The minimum absolute atomic E-state index is 0.208. The van der Waals surface area contributed by atoms with Gasteiger partial charge in [0.2, 0.25) is 0 Å². The van der Waals surface area contributed by atoms with Crippen LogP contribution in [0.2, 0.25) is 0 Å². The standard InChI is InChI=1S/C31H30FNO5S/c1-20-6-3-4-9-25(20)27-16-21(10-12-26(27)30(34)33-28(31(35)36)14-15-39-2)18-37-19-24-11-13-29(38-24)22-7-5-8-23(32)17-22/h3-13,16-17,28H,14-15,18-19H2,1-2H3,(H,33,34)(H,35,36)/p-1/t28-/m0/s1. The van der Waals surface area contributed by atoms with Gasteiger partial charge in [-0.05, 0) is 84.0 Å². The molecule has 1 aromatic heterocycles. The van der Waals surface area contributed by atoms with Crippen molar-refractivity contribution in [2.24, 2.45) is 0 Å². The number of benzene rings is 3. The van der Waals surface area contributed by atoms with Gasteiger partial charge in [-0.25, -0.2) is 4.39 Å². The first-order valence-electron chi connectivity index (χ1n) is 12.5. The predicted molar refractivity (Wildman–Crippen MR) is 148 cm³/mol. The molecule has 39 heavy (non-hydrogen) atoms. The molecule has 6 nitrogen and oxygen atoms in total. The van der Waals surface area contributed by atoms with E-state index in [1.54, 1.807) is 36.4 Å². The van der Waals surface area contributed by atoms with Crippen molar-refractivity contribution in [2.45, 2.75) is 32.6 Å². The van der Waals surface area contributed by atoms with E-state index in [0.29, 0.717) is 34.0 Å². The van der Waals surface area contributed by atoms with Gasteiger partial charge in [0.25, 0.3) is 5.91 Å². The number of rotatable bonds is 12. The van der Waals surface area contributed by atoms with Crippen LogP contribution in [0.1, 0.15) is 33.7 Å². The second-order valence-electron chi connectivity index (χ2n) is 9.09. The number of aryl methyl sites for hydroxylation is 1. The van der Waals surface area contributed by atoms with E-state index in [-0.39, 0.29) is 25.5 Å². The zero-order valence-electron chi connectivity index (χ0n) is 21.7. The molecule has 0 saturated heterocycles. The topological polar surface area (TPSA) is 91.6 Å². The highest BCUT2D eigenvalue weighted by Crippen LogP contribution is 2.29. The molecule has 0 aliphatic rings. The monoisotopic (exact) mass is 546 g/mol. The highest BCUT2D eigenvalue weighted by Gasteiger charge is 2.19. The van der Waals surface area contributed by atoms with E-state index in [4.69, 9.17) is 9.15 Å². The molecule has 1 atom stereocenters. The van der Waals surface area contributed by atoms with Crippen LogP contribution in [0.3, 0.4) is 0 Å². The third kappa shape index (κ3) is 7.37. The minimum atomic E-state index is -1.31. The number of hydrogen-bond acceptors (Lipinski definition) is 6. The van der Waals surface area contributed by atoms with Crippen molar-refractivity contribution in [3.63, 3.8) is 0 Å². The summed E-state index contributed by atoms with van der Waals surface area (Å²) in [4.78, 5) is 24.8. The lowest BCUT2D eigenvalue weighted by Crippen LogP contribution is -2.48. The lowest BCUT2D eigenvalue weighted by Gasteiger charge is -2.21. The first-order chi connectivity index (χ1) is 18.9. The molecule has 0 saturated carbocycles. The van der Waals surface area contributed by atoms with Crippen LogP contribution in [0.4, 0.5) is 4.39 Å². The van der Waals surface area contributed by atoms with Gasteiger partial charge in [-0.15, -0.1) is 0 Å². The van der Waals surface area contributed by atoms with E-state index in [0.717, 1.165) is 16.7 Å². The quantitative estimate of drug-likeness (QED) is 0.257. The Balaban J connectivity index is 1.51. The van der Waals surface area contributed by atoms with Gasteiger partial charge < -0.3 is 24.4 Å². The average molecular weight is 547 g/mol. The number of hydrogen-bond donors (Lipinski definition) is 1. The van der Waals surface area contributed by atoms with Crippen molar-refractivity contribution < 1.29 is 28.2 Å². The van der Waals surface area contributed by atoms with Crippen LogP contribution in [0.25, 0.3) is 22.5 Å². The SMILES string of the molecule is CSCC[C@H](NC(=O)c1ccc(COCc2ccc(-c3cccc(F)c3)o2)cc1-c1ccccc1C)C(=O)[O-]. The summed E-state index contributed by atoms with van der Waals surface area (Å²) < 4.78 is 25.2. The fourth-order valence-corrected chi connectivity index (χ4v) is 4.69. The lowest BCUT2D eigenvalue weighted by molar-refractivity contribution is -0.308.